The zero-order valence-corrected chi connectivity index (χ0v) is 19.8. The number of rotatable bonds is 10. The molecule has 0 amide bonds. The summed E-state index contributed by atoms with van der Waals surface area (Å²) in [6, 6.07) is 8.20. The molecule has 2 rings (SSSR count). The van der Waals surface area contributed by atoms with Crippen molar-refractivity contribution in [3.8, 4) is 5.75 Å². The molecule has 0 unspecified atom stereocenters. The minimum atomic E-state index is 0. The second-order valence-electron chi connectivity index (χ2n) is 6.74. The van der Waals surface area contributed by atoms with Crippen LogP contribution < -0.4 is 10.1 Å². The van der Waals surface area contributed by atoms with E-state index < -0.39 is 0 Å². The van der Waals surface area contributed by atoms with Crippen molar-refractivity contribution in [1.82, 2.24) is 10.2 Å². The van der Waals surface area contributed by atoms with Crippen molar-refractivity contribution in [3.63, 3.8) is 0 Å². The highest BCUT2D eigenvalue weighted by Gasteiger charge is 2.21. The van der Waals surface area contributed by atoms with Gasteiger partial charge in [0.05, 0.1) is 13.2 Å². The molecule has 1 aromatic rings. The minimum absolute atomic E-state index is 0. The van der Waals surface area contributed by atoms with Crippen molar-refractivity contribution >= 4 is 29.9 Å². The summed E-state index contributed by atoms with van der Waals surface area (Å²) < 4.78 is 16.3. The number of benzene rings is 1. The Balaban J connectivity index is 0.00000392. The molecule has 1 heterocycles. The van der Waals surface area contributed by atoms with Gasteiger partial charge >= 0.3 is 0 Å². The molecule has 1 N–H and O–H groups in total. The lowest BCUT2D eigenvalue weighted by Crippen LogP contribution is -2.47. The molecule has 0 bridgehead atoms. The number of nitrogens with zero attached hydrogens (tertiary/aromatic N) is 2. The molecule has 0 spiro atoms. The average Bonchev–Trinajstić information content (AvgIpc) is 2.71. The maximum atomic E-state index is 5.96. The topological polar surface area (TPSA) is 55.3 Å². The molecule has 1 aromatic carbocycles. The van der Waals surface area contributed by atoms with Gasteiger partial charge in [0.25, 0.3) is 0 Å². The first-order valence-electron chi connectivity index (χ1n) is 10.0. The van der Waals surface area contributed by atoms with Crippen molar-refractivity contribution < 1.29 is 14.2 Å². The smallest absolute Gasteiger partial charge is 0.193 e. The standard InChI is InChI=1S/C21H35N3O3.HI/c1-4-22-21(23-12-9-18-7-5-8-20(17-18)26-3)24-13-10-19(11-14-24)27-16-6-15-25-2;/h5,7-8,17,19H,4,6,9-16H2,1-3H3,(H,22,23);1H. The summed E-state index contributed by atoms with van der Waals surface area (Å²) in [4.78, 5) is 7.18. The molecule has 0 aromatic heterocycles. The van der Waals surface area contributed by atoms with Crippen LogP contribution in [-0.2, 0) is 15.9 Å². The summed E-state index contributed by atoms with van der Waals surface area (Å²) in [7, 11) is 3.43. The maximum absolute atomic E-state index is 5.96. The predicted octanol–water partition coefficient (Wildman–Crippen LogP) is 3.34. The Morgan fingerprint density at radius 3 is 2.68 bits per heavy atom. The second-order valence-corrected chi connectivity index (χ2v) is 6.74. The quantitative estimate of drug-likeness (QED) is 0.229. The Morgan fingerprint density at radius 2 is 2.00 bits per heavy atom. The number of likely N-dealkylation sites (tertiary alicyclic amines) is 1. The molecule has 1 saturated heterocycles. The van der Waals surface area contributed by atoms with Crippen LogP contribution in [0.15, 0.2) is 29.3 Å². The first-order chi connectivity index (χ1) is 13.3. The Kier molecular flexibility index (Phi) is 13.3. The third-order valence-electron chi connectivity index (χ3n) is 4.72. The minimum Gasteiger partial charge on any atom is -0.497 e. The van der Waals surface area contributed by atoms with Crippen LogP contribution in [0.25, 0.3) is 0 Å². The van der Waals surface area contributed by atoms with Gasteiger partial charge in [-0.2, -0.15) is 0 Å². The molecule has 160 valence electrons. The number of hydrogen-bond acceptors (Lipinski definition) is 4. The molecule has 1 aliphatic rings. The highest BCUT2D eigenvalue weighted by molar-refractivity contribution is 14.0. The number of aliphatic imine (C=N–C) groups is 1. The zero-order valence-electron chi connectivity index (χ0n) is 17.5. The van der Waals surface area contributed by atoms with Crippen LogP contribution in [0.4, 0.5) is 0 Å². The maximum Gasteiger partial charge on any atom is 0.193 e. The fourth-order valence-electron chi connectivity index (χ4n) is 3.23. The Morgan fingerprint density at radius 1 is 1.21 bits per heavy atom. The Bertz CT molecular complexity index is 564. The lowest BCUT2D eigenvalue weighted by molar-refractivity contribution is 0.00991. The molecule has 7 heteroatoms. The van der Waals surface area contributed by atoms with Crippen LogP contribution in [0, 0.1) is 0 Å². The fraction of sp³-hybridized carbons (Fsp3) is 0.667. The lowest BCUT2D eigenvalue weighted by Gasteiger charge is -2.34. The largest absolute Gasteiger partial charge is 0.497 e. The van der Waals surface area contributed by atoms with E-state index in [1.54, 1.807) is 14.2 Å². The van der Waals surface area contributed by atoms with Gasteiger partial charge in [-0.3, -0.25) is 4.99 Å². The fourth-order valence-corrected chi connectivity index (χ4v) is 3.23. The molecular formula is C21H36IN3O3. The van der Waals surface area contributed by atoms with E-state index in [1.807, 2.05) is 12.1 Å². The number of ether oxygens (including phenoxy) is 3. The summed E-state index contributed by atoms with van der Waals surface area (Å²) in [5.74, 6) is 1.91. The first kappa shape index (κ1) is 25.0. The van der Waals surface area contributed by atoms with Gasteiger partial charge in [-0.1, -0.05) is 12.1 Å². The van der Waals surface area contributed by atoms with Crippen LogP contribution in [0.1, 0.15) is 31.7 Å². The molecule has 28 heavy (non-hydrogen) atoms. The molecule has 0 atom stereocenters. The number of halogens is 1. The summed E-state index contributed by atoms with van der Waals surface area (Å²) >= 11 is 0. The Labute approximate surface area is 187 Å². The van der Waals surface area contributed by atoms with Crippen LogP contribution in [0.3, 0.4) is 0 Å². The van der Waals surface area contributed by atoms with E-state index in [2.05, 4.69) is 29.3 Å². The summed E-state index contributed by atoms with van der Waals surface area (Å²) in [6.07, 6.45) is 4.33. The summed E-state index contributed by atoms with van der Waals surface area (Å²) in [5, 5.41) is 3.43. The molecule has 6 nitrogen and oxygen atoms in total. The number of hydrogen-bond donors (Lipinski definition) is 1. The van der Waals surface area contributed by atoms with Crippen LogP contribution in [0.5, 0.6) is 5.75 Å². The average molecular weight is 505 g/mol. The van der Waals surface area contributed by atoms with Crippen molar-refractivity contribution in [3.05, 3.63) is 29.8 Å². The van der Waals surface area contributed by atoms with E-state index in [9.17, 15) is 0 Å². The third-order valence-corrected chi connectivity index (χ3v) is 4.72. The molecular weight excluding hydrogens is 469 g/mol. The molecule has 0 radical (unpaired) electrons. The summed E-state index contributed by atoms with van der Waals surface area (Å²) in [6.45, 7) is 7.29. The van der Waals surface area contributed by atoms with Crippen LogP contribution in [0.2, 0.25) is 0 Å². The molecule has 1 aliphatic heterocycles. The van der Waals surface area contributed by atoms with Crippen LogP contribution in [-0.4, -0.2) is 70.6 Å². The highest BCUT2D eigenvalue weighted by Crippen LogP contribution is 2.15. The van der Waals surface area contributed by atoms with E-state index >= 15 is 0 Å². The number of methoxy groups -OCH3 is 2. The van der Waals surface area contributed by atoms with E-state index in [1.165, 1.54) is 5.56 Å². The van der Waals surface area contributed by atoms with E-state index in [0.29, 0.717) is 6.10 Å². The van der Waals surface area contributed by atoms with Crippen molar-refractivity contribution in [2.45, 2.75) is 38.7 Å². The van der Waals surface area contributed by atoms with Gasteiger partial charge < -0.3 is 24.4 Å². The first-order valence-corrected chi connectivity index (χ1v) is 10.0. The monoisotopic (exact) mass is 505 g/mol. The number of guanidine groups is 1. The van der Waals surface area contributed by atoms with E-state index in [4.69, 9.17) is 19.2 Å². The van der Waals surface area contributed by atoms with Gasteiger partial charge in [-0.25, -0.2) is 0 Å². The van der Waals surface area contributed by atoms with Gasteiger partial charge in [-0.05, 0) is 50.3 Å². The zero-order chi connectivity index (χ0) is 19.3. The number of nitrogens with one attached hydrogen (secondary N) is 1. The Hall–Kier alpha value is -1.06. The van der Waals surface area contributed by atoms with Crippen molar-refractivity contribution in [2.75, 3.05) is 53.6 Å². The van der Waals surface area contributed by atoms with E-state index in [-0.39, 0.29) is 24.0 Å². The summed E-state index contributed by atoms with van der Waals surface area (Å²) in [5.41, 5.74) is 1.25. The second kappa shape index (κ2) is 14.9. The van der Waals surface area contributed by atoms with Gasteiger partial charge in [0.1, 0.15) is 5.75 Å². The van der Waals surface area contributed by atoms with Gasteiger partial charge in [0.15, 0.2) is 5.96 Å². The van der Waals surface area contributed by atoms with Gasteiger partial charge in [0, 0.05) is 46.5 Å². The predicted molar refractivity (Wildman–Crippen MR) is 125 cm³/mol. The van der Waals surface area contributed by atoms with Gasteiger partial charge in [-0.15, -0.1) is 24.0 Å². The van der Waals surface area contributed by atoms with E-state index in [0.717, 1.165) is 76.8 Å². The normalized spacial score (nSPS) is 15.2. The molecule has 0 aliphatic carbocycles. The third kappa shape index (κ3) is 8.96. The van der Waals surface area contributed by atoms with Crippen LogP contribution >= 0.6 is 24.0 Å². The molecule has 0 saturated carbocycles. The highest BCUT2D eigenvalue weighted by atomic mass is 127. The lowest BCUT2D eigenvalue weighted by atomic mass is 10.1. The van der Waals surface area contributed by atoms with Crippen molar-refractivity contribution in [1.29, 1.82) is 0 Å². The number of piperidine rings is 1. The van der Waals surface area contributed by atoms with Gasteiger partial charge in [0.2, 0.25) is 0 Å². The molecule has 1 fully saturated rings. The SMILES string of the molecule is CCNC(=NCCc1cccc(OC)c1)N1CCC(OCCCOC)CC1.I. The van der Waals surface area contributed by atoms with Crippen molar-refractivity contribution in [2.24, 2.45) is 4.99 Å².